The van der Waals surface area contributed by atoms with Crippen molar-refractivity contribution in [3.63, 3.8) is 0 Å². The smallest absolute Gasteiger partial charge is 0.00201 e. The number of rotatable bonds is 6. The van der Waals surface area contributed by atoms with Gasteiger partial charge in [-0.05, 0) is 61.5 Å². The van der Waals surface area contributed by atoms with Crippen molar-refractivity contribution in [3.05, 3.63) is 35.9 Å². The lowest BCUT2D eigenvalue weighted by atomic mass is 9.73. The third-order valence-corrected chi connectivity index (χ3v) is 4.81. The molecule has 0 bridgehead atoms. The molecule has 1 aromatic carbocycles. The fraction of sp³-hybridized carbons (Fsp3) is 0.684. The highest BCUT2D eigenvalue weighted by Crippen LogP contribution is 2.38. The van der Waals surface area contributed by atoms with E-state index in [9.17, 15) is 0 Å². The number of likely N-dealkylation sites (N-methyl/N-ethyl adjacent to an activating group) is 1. The number of hydrogen-bond donors (Lipinski definition) is 1. The van der Waals surface area contributed by atoms with Gasteiger partial charge in [-0.2, -0.15) is 0 Å². The van der Waals surface area contributed by atoms with Crippen LogP contribution in [0.3, 0.4) is 0 Å². The van der Waals surface area contributed by atoms with Crippen molar-refractivity contribution in [3.8, 4) is 0 Å². The van der Waals surface area contributed by atoms with Crippen LogP contribution in [0.15, 0.2) is 30.3 Å². The number of benzene rings is 1. The lowest BCUT2D eigenvalue weighted by Crippen LogP contribution is -2.26. The molecule has 0 aromatic heterocycles. The monoisotopic (exact) mass is 273 g/mol. The zero-order valence-electron chi connectivity index (χ0n) is 13.4. The molecule has 0 radical (unpaired) electrons. The van der Waals surface area contributed by atoms with E-state index in [2.05, 4.69) is 56.4 Å². The highest BCUT2D eigenvalue weighted by Gasteiger charge is 2.26. The SMILES string of the molecule is CCNCC(CC1CC(C)CC(C)C1)c1ccccc1. The van der Waals surface area contributed by atoms with Crippen LogP contribution in [0, 0.1) is 17.8 Å². The Kier molecular flexibility index (Phi) is 6.09. The van der Waals surface area contributed by atoms with E-state index < -0.39 is 0 Å². The normalized spacial score (nSPS) is 28.2. The van der Waals surface area contributed by atoms with E-state index in [-0.39, 0.29) is 0 Å². The van der Waals surface area contributed by atoms with Crippen molar-refractivity contribution in [2.45, 2.75) is 52.4 Å². The molecular formula is C19H31N. The molecule has 1 aliphatic carbocycles. The highest BCUT2D eigenvalue weighted by atomic mass is 14.8. The van der Waals surface area contributed by atoms with E-state index in [0.29, 0.717) is 5.92 Å². The first-order valence-electron chi connectivity index (χ1n) is 8.44. The average Bonchev–Trinajstić information content (AvgIpc) is 2.43. The summed E-state index contributed by atoms with van der Waals surface area (Å²) in [7, 11) is 0. The Hall–Kier alpha value is -0.820. The minimum absolute atomic E-state index is 0.679. The van der Waals surface area contributed by atoms with E-state index in [1.165, 1.54) is 31.2 Å². The first-order chi connectivity index (χ1) is 9.69. The maximum Gasteiger partial charge on any atom is 0.00201 e. The lowest BCUT2D eigenvalue weighted by molar-refractivity contribution is 0.200. The second-order valence-corrected chi connectivity index (χ2v) is 6.93. The van der Waals surface area contributed by atoms with Gasteiger partial charge in [-0.15, -0.1) is 0 Å². The van der Waals surface area contributed by atoms with Gasteiger partial charge < -0.3 is 5.32 Å². The van der Waals surface area contributed by atoms with Crippen LogP contribution in [0.4, 0.5) is 0 Å². The second kappa shape index (κ2) is 7.83. The molecule has 1 aliphatic rings. The first kappa shape index (κ1) is 15.6. The van der Waals surface area contributed by atoms with Gasteiger partial charge in [-0.3, -0.25) is 0 Å². The molecule has 112 valence electrons. The molecule has 1 N–H and O–H groups in total. The molecule has 0 heterocycles. The molecular weight excluding hydrogens is 242 g/mol. The van der Waals surface area contributed by atoms with Gasteiger partial charge in [0, 0.05) is 6.54 Å². The third-order valence-electron chi connectivity index (χ3n) is 4.81. The van der Waals surface area contributed by atoms with Crippen LogP contribution in [0.25, 0.3) is 0 Å². The van der Waals surface area contributed by atoms with Gasteiger partial charge in [0.25, 0.3) is 0 Å². The minimum atomic E-state index is 0.679. The predicted octanol–water partition coefficient (Wildman–Crippen LogP) is 4.84. The Morgan fingerprint density at radius 3 is 2.30 bits per heavy atom. The zero-order valence-corrected chi connectivity index (χ0v) is 13.4. The average molecular weight is 273 g/mol. The van der Waals surface area contributed by atoms with Gasteiger partial charge in [0.15, 0.2) is 0 Å². The lowest BCUT2D eigenvalue weighted by Gasteiger charge is -2.34. The Morgan fingerprint density at radius 2 is 1.70 bits per heavy atom. The standard InChI is InChI=1S/C19H31N/c1-4-20-14-19(18-8-6-5-7-9-18)13-17-11-15(2)10-16(3)12-17/h5-9,15-17,19-20H,4,10-14H2,1-3H3. The van der Waals surface area contributed by atoms with Gasteiger partial charge in [0.05, 0.1) is 0 Å². The molecule has 2 rings (SSSR count). The molecule has 0 saturated heterocycles. The van der Waals surface area contributed by atoms with E-state index in [0.717, 1.165) is 30.8 Å². The molecule has 1 saturated carbocycles. The summed E-state index contributed by atoms with van der Waals surface area (Å²) in [4.78, 5) is 0. The number of hydrogen-bond acceptors (Lipinski definition) is 1. The summed E-state index contributed by atoms with van der Waals surface area (Å²) >= 11 is 0. The largest absolute Gasteiger partial charge is 0.316 e. The first-order valence-corrected chi connectivity index (χ1v) is 8.44. The predicted molar refractivity (Wildman–Crippen MR) is 88.0 cm³/mol. The molecule has 1 aromatic rings. The minimum Gasteiger partial charge on any atom is -0.316 e. The van der Waals surface area contributed by atoms with Crippen molar-refractivity contribution in [1.82, 2.24) is 5.32 Å². The summed E-state index contributed by atoms with van der Waals surface area (Å²) in [6.45, 7) is 9.27. The topological polar surface area (TPSA) is 12.0 Å². The van der Waals surface area contributed by atoms with E-state index in [1.807, 2.05) is 0 Å². The highest BCUT2D eigenvalue weighted by molar-refractivity contribution is 5.20. The van der Waals surface area contributed by atoms with Crippen LogP contribution >= 0.6 is 0 Å². The van der Waals surface area contributed by atoms with Crippen LogP contribution in [0.2, 0.25) is 0 Å². The summed E-state index contributed by atoms with van der Waals surface area (Å²) in [5, 5.41) is 3.56. The van der Waals surface area contributed by atoms with E-state index in [4.69, 9.17) is 0 Å². The summed E-state index contributed by atoms with van der Waals surface area (Å²) in [5.74, 6) is 3.43. The fourth-order valence-electron chi connectivity index (χ4n) is 4.09. The molecule has 0 spiro atoms. The Bertz CT molecular complexity index is 363. The van der Waals surface area contributed by atoms with Crippen LogP contribution in [0.1, 0.15) is 57.9 Å². The van der Waals surface area contributed by atoms with Gasteiger partial charge in [-0.25, -0.2) is 0 Å². The maximum atomic E-state index is 3.56. The Labute approximate surface area is 125 Å². The maximum absolute atomic E-state index is 3.56. The molecule has 3 atom stereocenters. The van der Waals surface area contributed by atoms with Crippen LogP contribution in [-0.4, -0.2) is 13.1 Å². The molecule has 0 amide bonds. The van der Waals surface area contributed by atoms with Crippen molar-refractivity contribution >= 4 is 0 Å². The van der Waals surface area contributed by atoms with Crippen molar-refractivity contribution < 1.29 is 0 Å². The summed E-state index contributed by atoms with van der Waals surface area (Å²) in [6.07, 6.45) is 5.64. The van der Waals surface area contributed by atoms with Crippen LogP contribution in [-0.2, 0) is 0 Å². The summed E-state index contributed by atoms with van der Waals surface area (Å²) < 4.78 is 0. The van der Waals surface area contributed by atoms with E-state index >= 15 is 0 Å². The zero-order chi connectivity index (χ0) is 14.4. The molecule has 1 fully saturated rings. The molecule has 0 aliphatic heterocycles. The summed E-state index contributed by atoms with van der Waals surface area (Å²) in [6, 6.07) is 11.1. The van der Waals surface area contributed by atoms with Crippen LogP contribution < -0.4 is 5.32 Å². The van der Waals surface area contributed by atoms with Gasteiger partial charge in [-0.1, -0.05) is 51.1 Å². The Morgan fingerprint density at radius 1 is 1.05 bits per heavy atom. The van der Waals surface area contributed by atoms with E-state index in [1.54, 1.807) is 0 Å². The molecule has 20 heavy (non-hydrogen) atoms. The van der Waals surface area contributed by atoms with Crippen molar-refractivity contribution in [1.29, 1.82) is 0 Å². The fourth-order valence-corrected chi connectivity index (χ4v) is 4.09. The quantitative estimate of drug-likeness (QED) is 0.782. The van der Waals surface area contributed by atoms with Gasteiger partial charge >= 0.3 is 0 Å². The number of nitrogens with one attached hydrogen (secondary N) is 1. The van der Waals surface area contributed by atoms with Crippen LogP contribution in [0.5, 0.6) is 0 Å². The van der Waals surface area contributed by atoms with Gasteiger partial charge in [0.2, 0.25) is 0 Å². The Balaban J connectivity index is 2.00. The molecule has 1 heteroatoms. The third kappa shape index (κ3) is 4.63. The molecule has 3 unspecified atom stereocenters. The van der Waals surface area contributed by atoms with Crippen molar-refractivity contribution in [2.75, 3.05) is 13.1 Å². The summed E-state index contributed by atoms with van der Waals surface area (Å²) in [5.41, 5.74) is 1.51. The second-order valence-electron chi connectivity index (χ2n) is 6.93. The molecule has 1 nitrogen and oxygen atoms in total. The van der Waals surface area contributed by atoms with Gasteiger partial charge in [0.1, 0.15) is 0 Å². The van der Waals surface area contributed by atoms with Crippen molar-refractivity contribution in [2.24, 2.45) is 17.8 Å².